The lowest BCUT2D eigenvalue weighted by atomic mass is 9.76. The van der Waals surface area contributed by atoms with Gasteiger partial charge in [0.1, 0.15) is 5.82 Å². The number of imide groups is 1. The Balaban J connectivity index is 2.41. The van der Waals surface area contributed by atoms with E-state index in [1.165, 1.54) is 18.2 Å². The molecule has 124 valence electrons. The average molecular weight is 322 g/mol. The maximum atomic E-state index is 13.5. The molecule has 0 radical (unpaired) electrons. The number of carbonyl (C=O) groups is 3. The van der Waals surface area contributed by atoms with E-state index in [2.05, 4.69) is 0 Å². The summed E-state index contributed by atoms with van der Waals surface area (Å²) in [6, 6.07) is 5.24. The van der Waals surface area contributed by atoms with Crippen molar-refractivity contribution < 1.29 is 23.9 Å². The van der Waals surface area contributed by atoms with Gasteiger partial charge in [-0.3, -0.25) is 19.3 Å². The van der Waals surface area contributed by atoms with Crippen molar-refractivity contribution in [3.05, 3.63) is 35.6 Å². The first-order chi connectivity index (χ1) is 10.8. The number of benzene rings is 1. The number of likely N-dealkylation sites (tertiary alicyclic amines) is 1. The van der Waals surface area contributed by atoms with Crippen molar-refractivity contribution >= 4 is 17.8 Å². The fourth-order valence-corrected chi connectivity index (χ4v) is 2.84. The van der Waals surface area contributed by atoms with Crippen LogP contribution in [0, 0.1) is 5.82 Å². The quantitative estimate of drug-likeness (QED) is 0.786. The smallest absolute Gasteiger partial charge is 0.304 e. The molecule has 2 amide bonds. The van der Waals surface area contributed by atoms with Gasteiger partial charge in [-0.15, -0.1) is 0 Å². The summed E-state index contributed by atoms with van der Waals surface area (Å²) in [4.78, 5) is 39.2. The molecule has 1 atom stereocenters. The number of nitrogens with zero attached hydrogens (tertiary/aromatic N) is 2. The van der Waals surface area contributed by atoms with E-state index in [1.807, 2.05) is 19.0 Å². The van der Waals surface area contributed by atoms with E-state index < -0.39 is 35.4 Å². The van der Waals surface area contributed by atoms with Crippen molar-refractivity contribution in [3.63, 3.8) is 0 Å². The molecule has 2 rings (SSSR count). The van der Waals surface area contributed by atoms with Crippen molar-refractivity contribution in [2.24, 2.45) is 0 Å². The Morgan fingerprint density at radius 2 is 2.09 bits per heavy atom. The van der Waals surface area contributed by atoms with Gasteiger partial charge in [-0.05, 0) is 31.8 Å². The second kappa shape index (κ2) is 6.45. The molecule has 0 spiro atoms. The summed E-state index contributed by atoms with van der Waals surface area (Å²) >= 11 is 0. The molecule has 7 heteroatoms. The molecule has 1 heterocycles. The van der Waals surface area contributed by atoms with Crippen LogP contribution in [0.4, 0.5) is 4.39 Å². The van der Waals surface area contributed by atoms with Gasteiger partial charge in [0.25, 0.3) is 0 Å². The number of carboxylic acid groups (broad SMARTS) is 1. The molecule has 1 aliphatic rings. The maximum Gasteiger partial charge on any atom is 0.304 e. The first-order valence-corrected chi connectivity index (χ1v) is 7.23. The first kappa shape index (κ1) is 17.1. The highest BCUT2D eigenvalue weighted by atomic mass is 19.1. The van der Waals surface area contributed by atoms with Gasteiger partial charge in [0.05, 0.1) is 11.8 Å². The molecule has 1 aliphatic heterocycles. The summed E-state index contributed by atoms with van der Waals surface area (Å²) in [5.74, 6) is -2.77. The number of likely N-dealkylation sites (N-methyl/N-ethyl adjacent to an activating group) is 1. The molecule has 0 aromatic heterocycles. The van der Waals surface area contributed by atoms with Crippen LogP contribution < -0.4 is 0 Å². The van der Waals surface area contributed by atoms with E-state index in [-0.39, 0.29) is 18.5 Å². The van der Waals surface area contributed by atoms with Crippen LogP contribution in [0.2, 0.25) is 0 Å². The molecule has 1 aromatic rings. The number of carbonyl (C=O) groups excluding carboxylic acids is 2. The number of rotatable bonds is 6. The SMILES string of the molecule is CN(C)CCN1C(=O)CC(CC(=O)O)(c2cccc(F)c2)C1=O. The average Bonchev–Trinajstić information content (AvgIpc) is 2.68. The third-order valence-corrected chi connectivity index (χ3v) is 4.01. The van der Waals surface area contributed by atoms with Gasteiger partial charge in [-0.25, -0.2) is 4.39 Å². The summed E-state index contributed by atoms with van der Waals surface area (Å²) < 4.78 is 13.5. The van der Waals surface area contributed by atoms with E-state index in [4.69, 9.17) is 0 Å². The highest BCUT2D eigenvalue weighted by molar-refractivity contribution is 6.10. The lowest BCUT2D eigenvalue weighted by Crippen LogP contribution is -2.42. The van der Waals surface area contributed by atoms with E-state index in [0.29, 0.717) is 6.54 Å². The number of amides is 2. The van der Waals surface area contributed by atoms with Crippen LogP contribution in [0.3, 0.4) is 0 Å². The normalized spacial score (nSPS) is 21.3. The zero-order valence-electron chi connectivity index (χ0n) is 13.1. The summed E-state index contributed by atoms with van der Waals surface area (Å²) in [6.45, 7) is 0.658. The molecule has 0 saturated carbocycles. The highest BCUT2D eigenvalue weighted by Gasteiger charge is 2.53. The van der Waals surface area contributed by atoms with E-state index in [9.17, 15) is 23.9 Å². The fourth-order valence-electron chi connectivity index (χ4n) is 2.84. The van der Waals surface area contributed by atoms with Crippen LogP contribution in [0.15, 0.2) is 24.3 Å². The van der Waals surface area contributed by atoms with Gasteiger partial charge in [0.15, 0.2) is 0 Å². The van der Waals surface area contributed by atoms with E-state index in [1.54, 1.807) is 0 Å². The highest BCUT2D eigenvalue weighted by Crippen LogP contribution is 2.40. The minimum absolute atomic E-state index is 0.182. The molecule has 6 nitrogen and oxygen atoms in total. The Kier molecular flexibility index (Phi) is 4.79. The third kappa shape index (κ3) is 3.39. The zero-order valence-corrected chi connectivity index (χ0v) is 13.1. The van der Waals surface area contributed by atoms with E-state index >= 15 is 0 Å². The Hall–Kier alpha value is -2.28. The predicted octanol–water partition coefficient (Wildman–Crippen LogP) is 0.859. The lowest BCUT2D eigenvalue weighted by molar-refractivity contribution is -0.145. The molecule has 0 bridgehead atoms. The summed E-state index contributed by atoms with van der Waals surface area (Å²) in [5, 5.41) is 9.19. The molecule has 1 saturated heterocycles. The maximum absolute atomic E-state index is 13.5. The molecule has 23 heavy (non-hydrogen) atoms. The largest absolute Gasteiger partial charge is 0.481 e. The topological polar surface area (TPSA) is 77.9 Å². The third-order valence-electron chi connectivity index (χ3n) is 4.01. The molecular weight excluding hydrogens is 303 g/mol. The molecule has 1 fully saturated rings. The molecule has 0 aliphatic carbocycles. The Morgan fingerprint density at radius 3 is 2.65 bits per heavy atom. The fraction of sp³-hybridized carbons (Fsp3) is 0.438. The van der Waals surface area contributed by atoms with Crippen molar-refractivity contribution in [1.82, 2.24) is 9.80 Å². The predicted molar refractivity (Wildman–Crippen MR) is 80.2 cm³/mol. The Labute approximate surface area is 133 Å². The number of hydrogen-bond acceptors (Lipinski definition) is 4. The second-order valence-electron chi connectivity index (χ2n) is 5.99. The van der Waals surface area contributed by atoms with Gasteiger partial charge in [-0.1, -0.05) is 12.1 Å². The molecular formula is C16H19FN2O4. The van der Waals surface area contributed by atoms with Crippen LogP contribution in [-0.4, -0.2) is 59.9 Å². The summed E-state index contributed by atoms with van der Waals surface area (Å²) in [7, 11) is 3.62. The lowest BCUT2D eigenvalue weighted by Gasteiger charge is -2.26. The standard InChI is InChI=1S/C16H19FN2O4/c1-18(2)6-7-19-13(20)9-16(15(19)23,10-14(21)22)11-4-3-5-12(17)8-11/h3-5,8H,6-7,9-10H2,1-2H3,(H,21,22). The molecule has 1 aromatic carbocycles. The minimum Gasteiger partial charge on any atom is -0.481 e. The van der Waals surface area contributed by atoms with Gasteiger partial charge < -0.3 is 10.0 Å². The zero-order chi connectivity index (χ0) is 17.2. The first-order valence-electron chi connectivity index (χ1n) is 7.23. The van der Waals surface area contributed by atoms with Crippen LogP contribution >= 0.6 is 0 Å². The monoisotopic (exact) mass is 322 g/mol. The van der Waals surface area contributed by atoms with Crippen LogP contribution in [-0.2, 0) is 19.8 Å². The number of carboxylic acids is 1. The minimum atomic E-state index is -1.53. The Morgan fingerprint density at radius 1 is 1.39 bits per heavy atom. The van der Waals surface area contributed by atoms with E-state index in [0.717, 1.165) is 11.0 Å². The Bertz CT molecular complexity index is 647. The van der Waals surface area contributed by atoms with Gasteiger partial charge >= 0.3 is 5.97 Å². The molecule has 1 unspecified atom stereocenters. The van der Waals surface area contributed by atoms with Crippen molar-refractivity contribution in [1.29, 1.82) is 0 Å². The second-order valence-corrected chi connectivity index (χ2v) is 5.99. The van der Waals surface area contributed by atoms with Gasteiger partial charge in [-0.2, -0.15) is 0 Å². The van der Waals surface area contributed by atoms with Gasteiger partial charge in [0.2, 0.25) is 11.8 Å². The van der Waals surface area contributed by atoms with Crippen LogP contribution in [0.5, 0.6) is 0 Å². The van der Waals surface area contributed by atoms with Crippen LogP contribution in [0.25, 0.3) is 0 Å². The van der Waals surface area contributed by atoms with Crippen molar-refractivity contribution in [3.8, 4) is 0 Å². The van der Waals surface area contributed by atoms with Crippen molar-refractivity contribution in [2.45, 2.75) is 18.3 Å². The van der Waals surface area contributed by atoms with Crippen molar-refractivity contribution in [2.75, 3.05) is 27.2 Å². The van der Waals surface area contributed by atoms with Crippen LogP contribution in [0.1, 0.15) is 18.4 Å². The van der Waals surface area contributed by atoms with Gasteiger partial charge in [0, 0.05) is 19.5 Å². The number of aliphatic carboxylic acids is 1. The number of hydrogen-bond donors (Lipinski definition) is 1. The molecule has 1 N–H and O–H groups in total. The summed E-state index contributed by atoms with van der Waals surface area (Å²) in [6.07, 6.45) is -0.797. The number of halogens is 1. The summed E-state index contributed by atoms with van der Waals surface area (Å²) in [5.41, 5.74) is -1.30.